The van der Waals surface area contributed by atoms with E-state index in [1.807, 2.05) is 18.5 Å². The largest absolute Gasteiger partial charge is 0.469 e. The molecular weight excluding hydrogens is 168 g/mol. The first-order valence-corrected chi connectivity index (χ1v) is 4.26. The summed E-state index contributed by atoms with van der Waals surface area (Å²) in [5.41, 5.74) is 1.05. The highest BCUT2D eigenvalue weighted by Crippen LogP contribution is 2.03. The highest BCUT2D eigenvalue weighted by molar-refractivity contribution is 5.69. The summed E-state index contributed by atoms with van der Waals surface area (Å²) >= 11 is 0. The summed E-state index contributed by atoms with van der Waals surface area (Å²) in [6.07, 6.45) is 4.98. The second kappa shape index (κ2) is 5.24. The predicted molar refractivity (Wildman–Crippen MR) is 50.5 cm³/mol. The van der Waals surface area contributed by atoms with Gasteiger partial charge in [0.15, 0.2) is 0 Å². The van der Waals surface area contributed by atoms with Gasteiger partial charge in [0, 0.05) is 25.4 Å². The van der Waals surface area contributed by atoms with Gasteiger partial charge in [-0.25, -0.2) is 0 Å². The number of rotatable bonds is 5. The van der Waals surface area contributed by atoms with Gasteiger partial charge in [0.25, 0.3) is 0 Å². The maximum absolute atomic E-state index is 10.7. The number of hydrogen-bond donors (Lipinski definition) is 2. The van der Waals surface area contributed by atoms with E-state index in [1.165, 1.54) is 7.11 Å². The Balaban J connectivity index is 2.05. The van der Waals surface area contributed by atoms with Crippen LogP contribution in [0.25, 0.3) is 0 Å². The Morgan fingerprint density at radius 2 is 2.54 bits per heavy atom. The molecule has 0 aromatic carbocycles. The van der Waals surface area contributed by atoms with Crippen molar-refractivity contribution in [2.45, 2.75) is 12.8 Å². The van der Waals surface area contributed by atoms with Crippen molar-refractivity contribution in [1.82, 2.24) is 4.98 Å². The Labute approximate surface area is 77.3 Å². The molecule has 4 nitrogen and oxygen atoms in total. The minimum absolute atomic E-state index is 0.157. The number of anilines is 1. The van der Waals surface area contributed by atoms with E-state index in [9.17, 15) is 4.79 Å². The predicted octanol–water partition coefficient (Wildman–Crippen LogP) is 1.38. The van der Waals surface area contributed by atoms with Gasteiger partial charge >= 0.3 is 5.97 Å². The summed E-state index contributed by atoms with van der Waals surface area (Å²) in [4.78, 5) is 13.7. The lowest BCUT2D eigenvalue weighted by Crippen LogP contribution is -2.05. The summed E-state index contributed by atoms with van der Waals surface area (Å²) in [5.74, 6) is -0.157. The molecule has 0 saturated carbocycles. The van der Waals surface area contributed by atoms with Crippen LogP contribution in [-0.4, -0.2) is 24.6 Å². The lowest BCUT2D eigenvalue weighted by Gasteiger charge is -2.02. The first-order valence-electron chi connectivity index (χ1n) is 4.26. The fourth-order valence-electron chi connectivity index (χ4n) is 1.00. The van der Waals surface area contributed by atoms with Crippen molar-refractivity contribution < 1.29 is 9.53 Å². The number of hydrogen-bond acceptors (Lipinski definition) is 3. The molecule has 4 heteroatoms. The molecule has 0 radical (unpaired) electrons. The van der Waals surface area contributed by atoms with Crippen LogP contribution in [0.1, 0.15) is 12.8 Å². The van der Waals surface area contributed by atoms with E-state index < -0.39 is 0 Å². The standard InChI is InChI=1S/C9H14N2O2/c1-13-9(12)3-2-5-11-8-4-6-10-7-8/h4,6-7,10-11H,2-3,5H2,1H3. The molecule has 1 heterocycles. The van der Waals surface area contributed by atoms with Gasteiger partial charge in [-0.15, -0.1) is 0 Å². The normalized spacial score (nSPS) is 9.62. The van der Waals surface area contributed by atoms with E-state index in [0.717, 1.165) is 18.7 Å². The molecule has 0 atom stereocenters. The van der Waals surface area contributed by atoms with Gasteiger partial charge in [0.1, 0.15) is 0 Å². The number of carbonyl (C=O) groups excluding carboxylic acids is 1. The van der Waals surface area contributed by atoms with Crippen LogP contribution in [0.2, 0.25) is 0 Å². The zero-order valence-corrected chi connectivity index (χ0v) is 7.67. The number of esters is 1. The quantitative estimate of drug-likeness (QED) is 0.534. The van der Waals surface area contributed by atoms with Crippen LogP contribution >= 0.6 is 0 Å². The third-order valence-electron chi connectivity index (χ3n) is 1.71. The van der Waals surface area contributed by atoms with E-state index in [2.05, 4.69) is 15.0 Å². The topological polar surface area (TPSA) is 54.1 Å². The molecule has 0 fully saturated rings. The number of H-pyrrole nitrogens is 1. The summed E-state index contributed by atoms with van der Waals surface area (Å²) in [6, 6.07) is 1.94. The number of carbonyl (C=O) groups is 1. The van der Waals surface area contributed by atoms with E-state index >= 15 is 0 Å². The van der Waals surface area contributed by atoms with Gasteiger partial charge in [0.2, 0.25) is 0 Å². The van der Waals surface area contributed by atoms with Crippen LogP contribution in [0.4, 0.5) is 5.69 Å². The van der Waals surface area contributed by atoms with Crippen molar-refractivity contribution >= 4 is 11.7 Å². The molecule has 1 aromatic rings. The zero-order chi connectivity index (χ0) is 9.52. The Kier molecular flexibility index (Phi) is 3.88. The van der Waals surface area contributed by atoms with Gasteiger partial charge in [-0.3, -0.25) is 4.79 Å². The molecule has 13 heavy (non-hydrogen) atoms. The van der Waals surface area contributed by atoms with Crippen molar-refractivity contribution in [3.8, 4) is 0 Å². The first kappa shape index (κ1) is 9.64. The van der Waals surface area contributed by atoms with Crippen molar-refractivity contribution in [2.24, 2.45) is 0 Å². The Morgan fingerprint density at radius 1 is 1.69 bits per heavy atom. The molecule has 0 aliphatic rings. The third-order valence-corrected chi connectivity index (χ3v) is 1.71. The van der Waals surface area contributed by atoms with Crippen LogP contribution in [0.5, 0.6) is 0 Å². The van der Waals surface area contributed by atoms with Gasteiger partial charge in [-0.05, 0) is 12.5 Å². The van der Waals surface area contributed by atoms with Crippen LogP contribution in [0.3, 0.4) is 0 Å². The minimum atomic E-state index is -0.157. The average Bonchev–Trinajstić information content (AvgIpc) is 2.64. The van der Waals surface area contributed by atoms with E-state index in [4.69, 9.17) is 0 Å². The molecule has 72 valence electrons. The Hall–Kier alpha value is -1.45. The van der Waals surface area contributed by atoms with E-state index in [1.54, 1.807) is 0 Å². The maximum atomic E-state index is 10.7. The summed E-state index contributed by atoms with van der Waals surface area (Å²) in [7, 11) is 1.40. The second-order valence-corrected chi connectivity index (χ2v) is 2.71. The molecule has 0 aliphatic heterocycles. The lowest BCUT2D eigenvalue weighted by atomic mass is 10.3. The first-order chi connectivity index (χ1) is 6.33. The number of aromatic nitrogens is 1. The number of methoxy groups -OCH3 is 1. The van der Waals surface area contributed by atoms with Crippen molar-refractivity contribution in [1.29, 1.82) is 0 Å². The molecule has 1 rings (SSSR count). The van der Waals surface area contributed by atoms with E-state index in [-0.39, 0.29) is 5.97 Å². The molecule has 2 N–H and O–H groups in total. The number of aromatic amines is 1. The summed E-state index contributed by atoms with van der Waals surface area (Å²) in [6.45, 7) is 0.785. The van der Waals surface area contributed by atoms with Crippen LogP contribution in [0.15, 0.2) is 18.5 Å². The smallest absolute Gasteiger partial charge is 0.305 e. The average molecular weight is 182 g/mol. The van der Waals surface area contributed by atoms with Gasteiger partial charge < -0.3 is 15.0 Å². The zero-order valence-electron chi connectivity index (χ0n) is 7.67. The van der Waals surface area contributed by atoms with Crippen molar-refractivity contribution in [3.63, 3.8) is 0 Å². The maximum Gasteiger partial charge on any atom is 0.305 e. The molecule has 0 bridgehead atoms. The summed E-state index contributed by atoms with van der Waals surface area (Å²) in [5, 5.41) is 3.17. The van der Waals surface area contributed by atoms with Crippen molar-refractivity contribution in [3.05, 3.63) is 18.5 Å². The fourth-order valence-corrected chi connectivity index (χ4v) is 1.00. The highest BCUT2D eigenvalue weighted by atomic mass is 16.5. The second-order valence-electron chi connectivity index (χ2n) is 2.71. The van der Waals surface area contributed by atoms with Gasteiger partial charge in [-0.2, -0.15) is 0 Å². The van der Waals surface area contributed by atoms with Gasteiger partial charge in [-0.1, -0.05) is 0 Å². The summed E-state index contributed by atoms with van der Waals surface area (Å²) < 4.78 is 4.51. The van der Waals surface area contributed by atoms with Crippen LogP contribution in [0, 0.1) is 0 Å². The Morgan fingerprint density at radius 3 is 3.15 bits per heavy atom. The molecule has 0 saturated heterocycles. The monoisotopic (exact) mass is 182 g/mol. The molecule has 0 unspecified atom stereocenters. The van der Waals surface area contributed by atoms with Crippen LogP contribution < -0.4 is 5.32 Å². The molecule has 0 amide bonds. The van der Waals surface area contributed by atoms with Crippen LogP contribution in [-0.2, 0) is 9.53 Å². The Bertz CT molecular complexity index is 244. The molecule has 0 spiro atoms. The lowest BCUT2D eigenvalue weighted by molar-refractivity contribution is -0.140. The molecular formula is C9H14N2O2. The number of ether oxygens (including phenoxy) is 1. The molecule has 0 aliphatic carbocycles. The minimum Gasteiger partial charge on any atom is -0.469 e. The SMILES string of the molecule is COC(=O)CCCNc1cc[nH]c1. The fraction of sp³-hybridized carbons (Fsp3) is 0.444. The van der Waals surface area contributed by atoms with Crippen molar-refractivity contribution in [2.75, 3.05) is 19.0 Å². The van der Waals surface area contributed by atoms with Gasteiger partial charge in [0.05, 0.1) is 12.8 Å². The van der Waals surface area contributed by atoms with E-state index in [0.29, 0.717) is 6.42 Å². The third kappa shape index (κ3) is 3.64. The number of nitrogens with one attached hydrogen (secondary N) is 2. The highest BCUT2D eigenvalue weighted by Gasteiger charge is 1.98. The molecule has 1 aromatic heterocycles.